The minimum atomic E-state index is -0.885. The minimum absolute atomic E-state index is 0.570. The van der Waals surface area contributed by atoms with Crippen LogP contribution in [0.3, 0.4) is 0 Å². The van der Waals surface area contributed by atoms with Gasteiger partial charge in [0.2, 0.25) is 0 Å². The Balaban J connectivity index is 2.01. The number of rotatable bonds is 1. The molecule has 2 rings (SSSR count). The number of hydrogen-bond acceptors (Lipinski definition) is 4. The number of hydrogen-bond donors (Lipinski definition) is 1. The average Bonchev–Trinajstić information content (AvgIpc) is 2.73. The van der Waals surface area contributed by atoms with Crippen molar-refractivity contribution in [1.29, 1.82) is 0 Å². The summed E-state index contributed by atoms with van der Waals surface area (Å²) in [4.78, 5) is 23.2. The predicted octanol–water partition coefficient (Wildman–Crippen LogP) is 1.90. The lowest BCUT2D eigenvalue weighted by molar-refractivity contribution is -0.161. The fraction of sp³-hybridized carbons (Fsp3) is 0.429. The van der Waals surface area contributed by atoms with Crippen LogP contribution in [0.2, 0.25) is 0 Å². The lowest BCUT2D eigenvalue weighted by Crippen LogP contribution is -2.32. The Hall–Kier alpha value is -2.04. The summed E-state index contributed by atoms with van der Waals surface area (Å²) in [5, 5.41) is 2.52. The summed E-state index contributed by atoms with van der Waals surface area (Å²) in [6.07, 6.45) is 0.811. The third-order valence-electron chi connectivity index (χ3n) is 2.53. The molecule has 5 nitrogen and oxygen atoms in total. The molecule has 0 atom stereocenters. The normalized spacial score (nSPS) is 13.4. The van der Waals surface area contributed by atoms with Gasteiger partial charge in [-0.2, -0.15) is 0 Å². The summed E-state index contributed by atoms with van der Waals surface area (Å²) < 4.78 is 10.4. The van der Waals surface area contributed by atoms with Crippen LogP contribution >= 0.6 is 0 Å². The Morgan fingerprint density at radius 3 is 2.74 bits per heavy atom. The first kappa shape index (κ1) is 13.4. The van der Waals surface area contributed by atoms with Crippen LogP contribution in [0.5, 0.6) is 5.75 Å². The smallest absolute Gasteiger partial charge is 0.397 e. The summed E-state index contributed by atoms with van der Waals surface area (Å²) in [6, 6.07) is 5.30. The molecule has 102 valence electrons. The minimum Gasteiger partial charge on any atom is -0.493 e. The van der Waals surface area contributed by atoms with Crippen molar-refractivity contribution < 1.29 is 19.1 Å². The molecule has 0 radical (unpaired) electrons. The Bertz CT molecular complexity index is 517. The van der Waals surface area contributed by atoms with Crippen LogP contribution in [0, 0.1) is 0 Å². The summed E-state index contributed by atoms with van der Waals surface area (Å²) in [5.41, 5.74) is 0.919. The van der Waals surface area contributed by atoms with Gasteiger partial charge in [0, 0.05) is 12.1 Å². The number of ether oxygens (including phenoxy) is 2. The molecule has 0 bridgehead atoms. The van der Waals surface area contributed by atoms with Crippen LogP contribution in [0.1, 0.15) is 26.3 Å². The fourth-order valence-electron chi connectivity index (χ4n) is 1.77. The number of carbonyl (C=O) groups excluding carboxylic acids is 2. The zero-order valence-electron chi connectivity index (χ0n) is 11.3. The van der Waals surface area contributed by atoms with Crippen LogP contribution < -0.4 is 10.1 Å². The highest BCUT2D eigenvalue weighted by Gasteiger charge is 2.23. The second-order valence-corrected chi connectivity index (χ2v) is 5.38. The van der Waals surface area contributed by atoms with Gasteiger partial charge in [0.25, 0.3) is 0 Å². The zero-order valence-corrected chi connectivity index (χ0v) is 11.3. The van der Waals surface area contributed by atoms with Gasteiger partial charge >= 0.3 is 11.9 Å². The van der Waals surface area contributed by atoms with E-state index in [9.17, 15) is 9.59 Å². The highest BCUT2D eigenvalue weighted by atomic mass is 16.6. The first-order valence-electron chi connectivity index (χ1n) is 6.15. The third-order valence-corrected chi connectivity index (χ3v) is 2.53. The molecular weight excluding hydrogens is 246 g/mol. The van der Waals surface area contributed by atoms with Crippen molar-refractivity contribution in [3.8, 4) is 5.75 Å². The van der Waals surface area contributed by atoms with Crippen molar-refractivity contribution in [2.45, 2.75) is 32.8 Å². The van der Waals surface area contributed by atoms with E-state index in [-0.39, 0.29) is 0 Å². The zero-order chi connectivity index (χ0) is 14.0. The molecule has 1 aromatic rings. The van der Waals surface area contributed by atoms with E-state index in [1.54, 1.807) is 32.9 Å². The number of benzene rings is 1. The first-order valence-corrected chi connectivity index (χ1v) is 6.15. The topological polar surface area (TPSA) is 64.6 Å². The summed E-state index contributed by atoms with van der Waals surface area (Å²) in [6.45, 7) is 5.79. The van der Waals surface area contributed by atoms with E-state index in [0.717, 1.165) is 17.7 Å². The molecule has 1 aliphatic heterocycles. The van der Waals surface area contributed by atoms with E-state index in [0.29, 0.717) is 12.3 Å². The molecule has 1 aliphatic rings. The molecule has 0 aliphatic carbocycles. The van der Waals surface area contributed by atoms with Crippen molar-refractivity contribution in [2.24, 2.45) is 0 Å². The number of carbonyl (C=O) groups is 2. The molecule has 0 unspecified atom stereocenters. The molecule has 1 heterocycles. The van der Waals surface area contributed by atoms with Crippen molar-refractivity contribution in [3.05, 3.63) is 23.8 Å². The molecule has 1 amide bonds. The van der Waals surface area contributed by atoms with Gasteiger partial charge in [-0.25, -0.2) is 4.79 Å². The van der Waals surface area contributed by atoms with Gasteiger partial charge in [-0.3, -0.25) is 4.79 Å². The van der Waals surface area contributed by atoms with Crippen LogP contribution in [-0.4, -0.2) is 24.1 Å². The van der Waals surface area contributed by atoms with Crippen molar-refractivity contribution in [1.82, 2.24) is 0 Å². The van der Waals surface area contributed by atoms with Gasteiger partial charge in [0.1, 0.15) is 11.4 Å². The van der Waals surface area contributed by atoms with Crippen LogP contribution in [0.15, 0.2) is 18.2 Å². The van der Waals surface area contributed by atoms with E-state index in [4.69, 9.17) is 9.47 Å². The van der Waals surface area contributed by atoms with Crippen LogP contribution in [0.25, 0.3) is 0 Å². The summed E-state index contributed by atoms with van der Waals surface area (Å²) in [7, 11) is 0. The molecule has 0 aromatic heterocycles. The maximum absolute atomic E-state index is 11.7. The van der Waals surface area contributed by atoms with Crippen molar-refractivity contribution in [3.63, 3.8) is 0 Å². The summed E-state index contributed by atoms with van der Waals surface area (Å²) >= 11 is 0. The predicted molar refractivity (Wildman–Crippen MR) is 70.1 cm³/mol. The largest absolute Gasteiger partial charge is 0.493 e. The second-order valence-electron chi connectivity index (χ2n) is 5.38. The molecule has 0 saturated carbocycles. The molecule has 19 heavy (non-hydrogen) atoms. The second kappa shape index (κ2) is 4.91. The summed E-state index contributed by atoms with van der Waals surface area (Å²) in [5.74, 6) is -0.826. The molecule has 1 N–H and O–H groups in total. The van der Waals surface area contributed by atoms with E-state index in [1.807, 2.05) is 6.07 Å². The van der Waals surface area contributed by atoms with Gasteiger partial charge < -0.3 is 14.8 Å². The third kappa shape index (κ3) is 3.47. The Labute approximate surface area is 111 Å². The molecule has 0 fully saturated rings. The maximum Gasteiger partial charge on any atom is 0.397 e. The van der Waals surface area contributed by atoms with E-state index in [1.165, 1.54) is 0 Å². The average molecular weight is 263 g/mol. The van der Waals surface area contributed by atoms with E-state index < -0.39 is 17.5 Å². The number of amides is 1. The maximum atomic E-state index is 11.7. The molecule has 1 aromatic carbocycles. The Kier molecular flexibility index (Phi) is 3.46. The first-order chi connectivity index (χ1) is 8.85. The molecular formula is C14H17NO4. The van der Waals surface area contributed by atoms with Gasteiger partial charge in [0.05, 0.1) is 6.61 Å². The molecule has 0 spiro atoms. The van der Waals surface area contributed by atoms with Gasteiger partial charge in [-0.1, -0.05) is 0 Å². The van der Waals surface area contributed by atoms with Crippen molar-refractivity contribution >= 4 is 17.6 Å². The van der Waals surface area contributed by atoms with Crippen LogP contribution in [0.4, 0.5) is 5.69 Å². The number of fused-ring (bicyclic) bond motifs is 1. The van der Waals surface area contributed by atoms with Crippen LogP contribution in [-0.2, 0) is 20.7 Å². The Morgan fingerprint density at radius 2 is 2.05 bits per heavy atom. The fourth-order valence-corrected chi connectivity index (χ4v) is 1.77. The van der Waals surface area contributed by atoms with Gasteiger partial charge in [0.15, 0.2) is 0 Å². The SMILES string of the molecule is CC(C)(C)OC(=O)C(=O)Nc1ccc2c(c1)CCO2. The van der Waals surface area contributed by atoms with Gasteiger partial charge in [-0.05, 0) is 44.5 Å². The standard InChI is InChI=1S/C14H17NO4/c1-14(2,3)19-13(17)12(16)15-10-4-5-11-9(8-10)6-7-18-11/h4-5,8H,6-7H2,1-3H3,(H,15,16). The van der Waals surface area contributed by atoms with Crippen molar-refractivity contribution in [2.75, 3.05) is 11.9 Å². The molecule has 5 heteroatoms. The lowest BCUT2D eigenvalue weighted by atomic mass is 10.1. The van der Waals surface area contributed by atoms with Gasteiger partial charge in [-0.15, -0.1) is 0 Å². The quantitative estimate of drug-likeness (QED) is 0.621. The highest BCUT2D eigenvalue weighted by Crippen LogP contribution is 2.27. The Morgan fingerprint density at radius 1 is 1.32 bits per heavy atom. The van der Waals surface area contributed by atoms with E-state index >= 15 is 0 Å². The number of nitrogens with one attached hydrogen (secondary N) is 1. The monoisotopic (exact) mass is 263 g/mol. The number of esters is 1. The van der Waals surface area contributed by atoms with E-state index in [2.05, 4.69) is 5.32 Å². The molecule has 0 saturated heterocycles. The lowest BCUT2D eigenvalue weighted by Gasteiger charge is -2.18. The number of anilines is 1. The highest BCUT2D eigenvalue weighted by molar-refractivity contribution is 6.37.